The van der Waals surface area contributed by atoms with Crippen molar-refractivity contribution in [3.63, 3.8) is 0 Å². The van der Waals surface area contributed by atoms with Gasteiger partial charge in [0.05, 0.1) is 0 Å². The van der Waals surface area contributed by atoms with E-state index in [1.165, 1.54) is 0 Å². The number of benzene rings is 2. The molecule has 0 aromatic heterocycles. The summed E-state index contributed by atoms with van der Waals surface area (Å²) in [5.41, 5.74) is 3.59. The van der Waals surface area contributed by atoms with Crippen LogP contribution in [0.25, 0.3) is 10.8 Å². The highest BCUT2D eigenvalue weighted by Gasteiger charge is 2.51. The van der Waals surface area contributed by atoms with Crippen molar-refractivity contribution in [2.75, 3.05) is 0 Å². The van der Waals surface area contributed by atoms with Crippen LogP contribution in [0.2, 0.25) is 0 Å². The smallest absolute Gasteiger partial charge is 0.338 e. The summed E-state index contributed by atoms with van der Waals surface area (Å²) in [6.45, 7) is 14.9. The second kappa shape index (κ2) is 6.58. The number of carbonyl (C=O) groups excluding carboxylic acids is 2. The third-order valence-corrected chi connectivity index (χ3v) is 6.33. The van der Waals surface area contributed by atoms with E-state index in [1.54, 1.807) is 13.8 Å². The third-order valence-electron chi connectivity index (χ3n) is 6.33. The molecule has 2 bridgehead atoms. The number of carbonyl (C=O) groups is 2. The van der Waals surface area contributed by atoms with Gasteiger partial charge in [0.1, 0.15) is 11.5 Å². The average Bonchev–Trinajstić information content (AvgIpc) is 3.18. The van der Waals surface area contributed by atoms with Crippen molar-refractivity contribution in [2.45, 2.75) is 58.3 Å². The summed E-state index contributed by atoms with van der Waals surface area (Å²) < 4.78 is 11.8. The first-order chi connectivity index (χ1) is 13.6. The highest BCUT2D eigenvalue weighted by atomic mass is 16.5. The first kappa shape index (κ1) is 19.4. The van der Waals surface area contributed by atoms with E-state index in [-0.39, 0.29) is 11.3 Å². The number of hydrogen-bond acceptors (Lipinski definition) is 4. The van der Waals surface area contributed by atoms with Gasteiger partial charge in [-0.1, -0.05) is 38.3 Å². The number of esters is 2. The summed E-state index contributed by atoms with van der Waals surface area (Å²) in [5.74, 6) is 0.606. The van der Waals surface area contributed by atoms with E-state index in [0.717, 1.165) is 46.7 Å². The molecule has 0 heterocycles. The monoisotopic (exact) mass is 390 g/mol. The minimum Gasteiger partial charge on any atom is -0.422 e. The van der Waals surface area contributed by atoms with Crippen LogP contribution in [-0.2, 0) is 15.0 Å². The van der Waals surface area contributed by atoms with Gasteiger partial charge in [-0.25, -0.2) is 9.59 Å². The molecule has 0 radical (unpaired) electrons. The van der Waals surface area contributed by atoms with Gasteiger partial charge in [-0.15, -0.1) is 0 Å². The Morgan fingerprint density at radius 1 is 1.07 bits per heavy atom. The minimum atomic E-state index is -0.437. The minimum absolute atomic E-state index is 0.104. The number of rotatable bonds is 4. The molecule has 2 unspecified atom stereocenters. The van der Waals surface area contributed by atoms with Gasteiger partial charge in [-0.05, 0) is 56.9 Å². The van der Waals surface area contributed by atoms with Gasteiger partial charge in [-0.2, -0.15) is 0 Å². The van der Waals surface area contributed by atoms with Crippen molar-refractivity contribution in [2.24, 2.45) is 0 Å². The normalized spacial score (nSPS) is 21.7. The van der Waals surface area contributed by atoms with Crippen molar-refractivity contribution in [3.05, 3.63) is 59.2 Å². The molecule has 1 fully saturated rings. The zero-order chi connectivity index (χ0) is 21.1. The Labute approximate surface area is 171 Å². The zero-order valence-electron chi connectivity index (χ0n) is 17.5. The molecule has 2 aromatic rings. The first-order valence-electron chi connectivity index (χ1n) is 9.99. The van der Waals surface area contributed by atoms with Gasteiger partial charge < -0.3 is 9.47 Å². The fourth-order valence-electron chi connectivity index (χ4n) is 4.94. The highest BCUT2D eigenvalue weighted by molar-refractivity contribution is 6.03. The molecular weight excluding hydrogens is 364 g/mol. The number of hydrogen-bond donors (Lipinski definition) is 0. The van der Waals surface area contributed by atoms with Crippen LogP contribution >= 0.6 is 0 Å². The molecule has 150 valence electrons. The fraction of sp³-hybridized carbons (Fsp3) is 0.360. The van der Waals surface area contributed by atoms with Crippen LogP contribution in [-0.4, -0.2) is 11.9 Å². The van der Waals surface area contributed by atoms with Crippen LogP contribution in [0, 0.1) is 6.92 Å². The topological polar surface area (TPSA) is 52.6 Å². The number of aryl methyl sites for hydroxylation is 1. The molecule has 1 saturated carbocycles. The van der Waals surface area contributed by atoms with Gasteiger partial charge in [0.2, 0.25) is 0 Å². The Hall–Kier alpha value is -2.88. The molecule has 0 amide bonds. The predicted molar refractivity (Wildman–Crippen MR) is 114 cm³/mol. The third kappa shape index (κ3) is 2.89. The lowest BCUT2D eigenvalue weighted by Crippen LogP contribution is -2.21. The van der Waals surface area contributed by atoms with Crippen molar-refractivity contribution < 1.29 is 19.1 Å². The Bertz CT molecular complexity index is 1110. The van der Waals surface area contributed by atoms with E-state index in [4.69, 9.17) is 9.47 Å². The second-order valence-corrected chi connectivity index (χ2v) is 8.78. The largest absolute Gasteiger partial charge is 0.422 e. The maximum atomic E-state index is 12.5. The van der Waals surface area contributed by atoms with Crippen LogP contribution in [0.3, 0.4) is 0 Å². The molecule has 0 saturated heterocycles. The molecule has 2 aromatic carbocycles. The van der Waals surface area contributed by atoms with Gasteiger partial charge >= 0.3 is 11.9 Å². The van der Waals surface area contributed by atoms with Crippen molar-refractivity contribution >= 4 is 22.7 Å². The maximum Gasteiger partial charge on any atom is 0.338 e. The zero-order valence-corrected chi connectivity index (χ0v) is 17.5. The fourth-order valence-corrected chi connectivity index (χ4v) is 4.94. The van der Waals surface area contributed by atoms with Crippen LogP contribution in [0.1, 0.15) is 62.6 Å². The Kier molecular flexibility index (Phi) is 4.41. The van der Waals surface area contributed by atoms with Crippen molar-refractivity contribution in [3.8, 4) is 11.5 Å². The van der Waals surface area contributed by atoms with Gasteiger partial charge in [-0.3, -0.25) is 0 Å². The maximum absolute atomic E-state index is 12.5. The molecule has 4 heteroatoms. The lowest BCUT2D eigenvalue weighted by molar-refractivity contribution is -0.131. The number of ether oxygens (including phenoxy) is 2. The first-order valence-corrected chi connectivity index (χ1v) is 9.99. The van der Waals surface area contributed by atoms with E-state index >= 15 is 0 Å². The molecule has 4 nitrogen and oxygen atoms in total. The van der Waals surface area contributed by atoms with Crippen molar-refractivity contribution in [1.29, 1.82) is 0 Å². The van der Waals surface area contributed by atoms with Crippen LogP contribution in [0.5, 0.6) is 11.5 Å². The quantitative estimate of drug-likeness (QED) is 0.385. The molecule has 0 aliphatic heterocycles. The van der Waals surface area contributed by atoms with E-state index in [1.807, 2.05) is 25.1 Å². The van der Waals surface area contributed by atoms with Gasteiger partial charge in [0.15, 0.2) is 0 Å². The molecule has 0 N–H and O–H groups in total. The Balaban J connectivity index is 2.08. The molecule has 0 spiro atoms. The second-order valence-electron chi connectivity index (χ2n) is 8.78. The summed E-state index contributed by atoms with van der Waals surface area (Å²) in [6.07, 6.45) is 3.02. The van der Waals surface area contributed by atoms with Gasteiger partial charge in [0.25, 0.3) is 0 Å². The summed E-state index contributed by atoms with van der Waals surface area (Å²) in [6, 6.07) is 5.84. The summed E-state index contributed by atoms with van der Waals surface area (Å²) in [4.78, 5) is 25.0. The van der Waals surface area contributed by atoms with E-state index in [0.29, 0.717) is 22.6 Å². The molecule has 2 atom stereocenters. The van der Waals surface area contributed by atoms with E-state index in [2.05, 4.69) is 20.1 Å². The predicted octanol–water partition coefficient (Wildman–Crippen LogP) is 5.65. The van der Waals surface area contributed by atoms with E-state index < -0.39 is 11.9 Å². The molecular formula is C25H26O4. The Morgan fingerprint density at radius 3 is 2.31 bits per heavy atom. The SMILES string of the molecule is C=C(C)C(=O)Oc1c2c(c(OC(=O)C(=C)C)c3c(C)cccc13)C1CCC2(C)C1. The summed E-state index contributed by atoms with van der Waals surface area (Å²) in [7, 11) is 0. The van der Waals surface area contributed by atoms with Crippen molar-refractivity contribution in [1.82, 2.24) is 0 Å². The lowest BCUT2D eigenvalue weighted by atomic mass is 9.78. The standard InChI is InChI=1S/C25H26O4/c1-13(2)23(26)28-21-17-9-7-8-15(5)18(17)22(29-24(27)14(3)4)19-16-10-11-25(6,12-16)20(19)21/h7-9,16H,1,3,10-12H2,2,4-6H3. The lowest BCUT2D eigenvalue weighted by Gasteiger charge is -2.29. The van der Waals surface area contributed by atoms with E-state index in [9.17, 15) is 9.59 Å². The summed E-state index contributed by atoms with van der Waals surface area (Å²) in [5, 5.41) is 1.61. The molecule has 29 heavy (non-hydrogen) atoms. The van der Waals surface area contributed by atoms with Crippen LogP contribution in [0.4, 0.5) is 0 Å². The molecule has 4 rings (SSSR count). The van der Waals surface area contributed by atoms with Gasteiger partial charge in [0, 0.05) is 33.0 Å². The number of fused-ring (bicyclic) bond motifs is 6. The molecule has 2 aliphatic rings. The highest BCUT2D eigenvalue weighted by Crippen LogP contribution is 2.64. The summed E-state index contributed by atoms with van der Waals surface area (Å²) >= 11 is 0. The van der Waals surface area contributed by atoms with Crippen LogP contribution < -0.4 is 9.47 Å². The average molecular weight is 390 g/mol. The Morgan fingerprint density at radius 2 is 1.69 bits per heavy atom. The molecule has 2 aliphatic carbocycles. The van der Waals surface area contributed by atoms with Crippen LogP contribution in [0.15, 0.2) is 42.5 Å².